The molecule has 2 aliphatic rings. The third-order valence-electron chi connectivity index (χ3n) is 8.72. The summed E-state index contributed by atoms with van der Waals surface area (Å²) in [5.74, 6) is 0.168. The summed E-state index contributed by atoms with van der Waals surface area (Å²) >= 11 is 0. The third kappa shape index (κ3) is 8.57. The molecule has 0 radical (unpaired) electrons. The molecule has 1 amide bonds. The second kappa shape index (κ2) is 16.0. The number of likely N-dealkylation sites (tertiary alicyclic amines) is 1. The highest BCUT2D eigenvalue weighted by Gasteiger charge is 2.39. The summed E-state index contributed by atoms with van der Waals surface area (Å²) in [6.45, 7) is 9.52. The Kier molecular flexibility index (Phi) is 11.6. The van der Waals surface area contributed by atoms with Gasteiger partial charge in [0.1, 0.15) is 6.61 Å². The largest absolute Gasteiger partial charge is 0.445 e. The summed E-state index contributed by atoms with van der Waals surface area (Å²) in [4.78, 5) is 14.4. The van der Waals surface area contributed by atoms with E-state index in [2.05, 4.69) is 72.3 Å². The number of nitrogens with zero attached hydrogens (tertiary/aromatic N) is 1. The molecule has 7 nitrogen and oxygen atoms in total. The standard InChI is InChI=1S/C37H46N2O5/c1-3-22-42-37(41)38-24-29-10-9-11-33(23-29)30-16-18-32(19-17-30)36-43-34(25-39-20-7-5-4-6-8-21-39)27(2)35(44-36)31-14-12-28(26-40)13-15-31/h3,9-19,23,27,34-36,40H,1,4-8,20-22,24-26H2,2H3,(H,38,41)/t27-,34+,35+,36+/m0/s1. The van der Waals surface area contributed by atoms with Gasteiger partial charge in [-0.2, -0.15) is 0 Å². The molecule has 0 spiro atoms. The van der Waals surface area contributed by atoms with Gasteiger partial charge in [0.15, 0.2) is 6.29 Å². The molecule has 2 aliphatic heterocycles. The summed E-state index contributed by atoms with van der Waals surface area (Å²) in [5, 5.41) is 12.3. The fraction of sp³-hybridized carbons (Fsp3) is 0.432. The molecule has 3 aromatic carbocycles. The van der Waals surface area contributed by atoms with Crippen LogP contribution in [0, 0.1) is 5.92 Å². The van der Waals surface area contributed by atoms with E-state index in [0.29, 0.717) is 6.54 Å². The number of hydrogen-bond acceptors (Lipinski definition) is 6. The van der Waals surface area contributed by atoms with Crippen LogP contribution < -0.4 is 5.32 Å². The van der Waals surface area contributed by atoms with E-state index in [-0.39, 0.29) is 31.3 Å². The molecule has 4 atom stereocenters. The fourth-order valence-electron chi connectivity index (χ4n) is 6.13. The van der Waals surface area contributed by atoms with Crippen molar-refractivity contribution in [2.45, 2.75) is 70.7 Å². The number of amides is 1. The summed E-state index contributed by atoms with van der Waals surface area (Å²) in [7, 11) is 0. The van der Waals surface area contributed by atoms with Crippen LogP contribution >= 0.6 is 0 Å². The second-order valence-electron chi connectivity index (χ2n) is 12.0. The van der Waals surface area contributed by atoms with Crippen LogP contribution in [0.5, 0.6) is 0 Å². The number of rotatable bonds is 10. The average molecular weight is 599 g/mol. The van der Waals surface area contributed by atoms with E-state index in [0.717, 1.165) is 53.0 Å². The molecular weight excluding hydrogens is 552 g/mol. The monoisotopic (exact) mass is 598 g/mol. The predicted octanol–water partition coefficient (Wildman–Crippen LogP) is 7.32. The Morgan fingerprint density at radius 1 is 0.932 bits per heavy atom. The van der Waals surface area contributed by atoms with Gasteiger partial charge in [-0.25, -0.2) is 4.79 Å². The van der Waals surface area contributed by atoms with Crippen molar-refractivity contribution in [3.8, 4) is 11.1 Å². The average Bonchev–Trinajstić information content (AvgIpc) is 3.05. The molecule has 0 unspecified atom stereocenters. The number of aliphatic hydroxyl groups excluding tert-OH is 1. The van der Waals surface area contributed by atoms with E-state index in [9.17, 15) is 9.90 Å². The molecule has 0 aliphatic carbocycles. The summed E-state index contributed by atoms with van der Waals surface area (Å²) in [6, 6.07) is 24.6. The first-order chi connectivity index (χ1) is 21.5. The third-order valence-corrected chi connectivity index (χ3v) is 8.72. The maximum Gasteiger partial charge on any atom is 0.407 e. The molecule has 234 valence electrons. The number of hydrogen-bond donors (Lipinski definition) is 2. The van der Waals surface area contributed by atoms with Gasteiger partial charge in [-0.3, -0.25) is 0 Å². The van der Waals surface area contributed by atoms with Crippen molar-refractivity contribution >= 4 is 6.09 Å². The Bertz CT molecular complexity index is 1330. The molecule has 2 heterocycles. The number of carbonyl (C=O) groups excluding carboxylic acids is 1. The topological polar surface area (TPSA) is 80.3 Å². The van der Waals surface area contributed by atoms with Crippen LogP contribution in [0.3, 0.4) is 0 Å². The van der Waals surface area contributed by atoms with E-state index in [4.69, 9.17) is 14.2 Å². The first-order valence-corrected chi connectivity index (χ1v) is 16.0. The Balaban J connectivity index is 1.32. The van der Waals surface area contributed by atoms with Gasteiger partial charge in [-0.1, -0.05) is 106 Å². The maximum absolute atomic E-state index is 11.8. The van der Waals surface area contributed by atoms with Crippen molar-refractivity contribution in [1.29, 1.82) is 0 Å². The number of carbonyl (C=O) groups is 1. The fourth-order valence-corrected chi connectivity index (χ4v) is 6.13. The molecule has 0 bridgehead atoms. The van der Waals surface area contributed by atoms with Gasteiger partial charge in [0.2, 0.25) is 0 Å². The van der Waals surface area contributed by atoms with Crippen molar-refractivity contribution in [2.24, 2.45) is 5.92 Å². The van der Waals surface area contributed by atoms with Crippen molar-refractivity contribution < 1.29 is 24.1 Å². The van der Waals surface area contributed by atoms with Crippen molar-refractivity contribution in [1.82, 2.24) is 10.2 Å². The molecule has 2 saturated heterocycles. The zero-order valence-electron chi connectivity index (χ0n) is 25.8. The van der Waals surface area contributed by atoms with E-state index in [1.54, 1.807) is 6.08 Å². The van der Waals surface area contributed by atoms with E-state index >= 15 is 0 Å². The highest BCUT2D eigenvalue weighted by atomic mass is 16.7. The van der Waals surface area contributed by atoms with Gasteiger partial charge >= 0.3 is 6.09 Å². The van der Waals surface area contributed by atoms with Crippen molar-refractivity contribution in [2.75, 3.05) is 26.2 Å². The zero-order valence-corrected chi connectivity index (χ0v) is 25.8. The lowest BCUT2D eigenvalue weighted by molar-refractivity contribution is -0.276. The predicted molar refractivity (Wildman–Crippen MR) is 173 cm³/mol. The Hall–Kier alpha value is -3.49. The minimum absolute atomic E-state index is 0.0257. The van der Waals surface area contributed by atoms with E-state index in [1.807, 2.05) is 24.3 Å². The van der Waals surface area contributed by atoms with Crippen LogP contribution in [0.1, 0.15) is 73.7 Å². The SMILES string of the molecule is C=CCOC(=O)NCc1cccc(-c2ccc([C@@H]3O[C@H](CN4CCCCCCC4)[C@H](C)[C@H](c4ccc(CO)cc4)O3)cc2)c1. The van der Waals surface area contributed by atoms with Crippen LogP contribution in [0.2, 0.25) is 0 Å². The van der Waals surface area contributed by atoms with Gasteiger partial charge in [-0.15, -0.1) is 0 Å². The highest BCUT2D eigenvalue weighted by Crippen LogP contribution is 2.42. The Morgan fingerprint density at radius 3 is 2.34 bits per heavy atom. The molecule has 5 rings (SSSR count). The highest BCUT2D eigenvalue weighted by molar-refractivity contribution is 5.68. The molecule has 2 N–H and O–H groups in total. The lowest BCUT2D eigenvalue weighted by Crippen LogP contribution is -2.45. The van der Waals surface area contributed by atoms with Crippen LogP contribution in [-0.2, 0) is 27.4 Å². The molecule has 2 fully saturated rings. The van der Waals surface area contributed by atoms with Gasteiger partial charge in [0, 0.05) is 24.6 Å². The minimum Gasteiger partial charge on any atom is -0.445 e. The van der Waals surface area contributed by atoms with Crippen molar-refractivity contribution in [3.63, 3.8) is 0 Å². The molecule has 0 aromatic heterocycles. The van der Waals surface area contributed by atoms with Crippen LogP contribution in [-0.4, -0.2) is 48.4 Å². The zero-order chi connectivity index (χ0) is 30.7. The molecule has 7 heteroatoms. The van der Waals surface area contributed by atoms with Crippen LogP contribution in [0.15, 0.2) is 85.5 Å². The number of aliphatic hydroxyl groups is 1. The number of nitrogens with one attached hydrogen (secondary N) is 1. The van der Waals surface area contributed by atoms with E-state index in [1.165, 1.54) is 32.1 Å². The van der Waals surface area contributed by atoms with Crippen LogP contribution in [0.4, 0.5) is 4.79 Å². The maximum atomic E-state index is 11.8. The normalized spacial score (nSPS) is 22.9. The Labute approximate surface area is 261 Å². The van der Waals surface area contributed by atoms with E-state index < -0.39 is 12.4 Å². The van der Waals surface area contributed by atoms with Crippen LogP contribution in [0.25, 0.3) is 11.1 Å². The Morgan fingerprint density at radius 2 is 1.64 bits per heavy atom. The summed E-state index contributed by atoms with van der Waals surface area (Å²) in [5.41, 5.74) is 6.10. The summed E-state index contributed by atoms with van der Waals surface area (Å²) in [6.07, 6.45) is 6.92. The smallest absolute Gasteiger partial charge is 0.407 e. The number of ether oxygens (including phenoxy) is 3. The summed E-state index contributed by atoms with van der Waals surface area (Å²) < 4.78 is 18.4. The molecule has 3 aromatic rings. The molecule has 44 heavy (non-hydrogen) atoms. The van der Waals surface area contributed by atoms with Gasteiger partial charge in [0.25, 0.3) is 0 Å². The quantitative estimate of drug-likeness (QED) is 0.238. The lowest BCUT2D eigenvalue weighted by atomic mass is 9.89. The molecular formula is C37H46N2O5. The van der Waals surface area contributed by atoms with Crippen molar-refractivity contribution in [3.05, 3.63) is 108 Å². The van der Waals surface area contributed by atoms with Gasteiger partial charge < -0.3 is 29.5 Å². The first-order valence-electron chi connectivity index (χ1n) is 16.0. The number of benzene rings is 3. The van der Waals surface area contributed by atoms with Gasteiger partial charge in [0.05, 0.1) is 18.8 Å². The van der Waals surface area contributed by atoms with Gasteiger partial charge in [-0.05, 0) is 59.8 Å². The molecule has 0 saturated carbocycles. The lowest BCUT2D eigenvalue weighted by Gasteiger charge is -2.43. The number of alkyl carbamates (subject to hydrolysis) is 1. The second-order valence-corrected chi connectivity index (χ2v) is 12.0. The first kappa shape index (κ1) is 31.9. The minimum atomic E-state index is -0.486.